The van der Waals surface area contributed by atoms with Gasteiger partial charge in [-0.2, -0.15) is 0 Å². The number of fused-ring (bicyclic) bond motifs is 1. The zero-order chi connectivity index (χ0) is 18.1. The zero-order valence-corrected chi connectivity index (χ0v) is 15.4. The number of halogens is 1. The van der Waals surface area contributed by atoms with Gasteiger partial charge in [0.2, 0.25) is 0 Å². The second-order valence-electron chi connectivity index (χ2n) is 6.59. The molecule has 1 saturated heterocycles. The average Bonchev–Trinajstić information content (AvgIpc) is 3.04. The Morgan fingerprint density at radius 3 is 2.77 bits per heavy atom. The number of amidine groups is 1. The second-order valence-corrected chi connectivity index (χ2v) is 6.99. The van der Waals surface area contributed by atoms with Crippen LogP contribution >= 0.6 is 11.6 Å². The van der Waals surface area contributed by atoms with Crippen molar-refractivity contribution in [1.29, 1.82) is 0 Å². The minimum absolute atomic E-state index is 0.126. The highest BCUT2D eigenvalue weighted by Gasteiger charge is 2.28. The third-order valence-corrected chi connectivity index (χ3v) is 5.17. The number of nitrogens with one attached hydrogen (secondary N) is 1. The number of amides is 2. The van der Waals surface area contributed by atoms with Crippen LogP contribution < -0.4 is 5.32 Å². The lowest BCUT2D eigenvalue weighted by Gasteiger charge is -2.37. The first kappa shape index (κ1) is 16.9. The minimum atomic E-state index is -0.126. The predicted molar refractivity (Wildman–Crippen MR) is 104 cm³/mol. The number of benzene rings is 1. The number of anilines is 1. The molecule has 26 heavy (non-hydrogen) atoms. The molecule has 1 unspecified atom stereocenters. The summed E-state index contributed by atoms with van der Waals surface area (Å²) in [7, 11) is 0. The minimum Gasteiger partial charge on any atom is -0.353 e. The van der Waals surface area contributed by atoms with Crippen LogP contribution in [0.5, 0.6) is 0 Å². The maximum Gasteiger partial charge on any atom is 0.322 e. The van der Waals surface area contributed by atoms with E-state index in [0.29, 0.717) is 29.8 Å². The number of urea groups is 1. The summed E-state index contributed by atoms with van der Waals surface area (Å²) in [6, 6.07) is 7.50. The number of nitrogens with zero attached hydrogens (tertiary/aromatic N) is 5. The Balaban J connectivity index is 1.35. The molecule has 0 radical (unpaired) electrons. The molecule has 1 aromatic carbocycles. The van der Waals surface area contributed by atoms with Crippen molar-refractivity contribution in [1.82, 2.24) is 14.7 Å². The molecule has 1 aromatic rings. The standard InChI is InChI=1S/C18H21ClN6O/c1-13-11-20-17-10-16(21-12-25(13)17)23-6-8-24(9-7-23)18(26)22-15-5-3-2-4-14(15)19/h2-5,10,12-13H,6-9,11H2,1H3,(H,22,26). The van der Waals surface area contributed by atoms with Crippen LogP contribution in [0, 0.1) is 0 Å². The first-order valence-electron chi connectivity index (χ1n) is 8.76. The maximum absolute atomic E-state index is 12.5. The third kappa shape index (κ3) is 3.26. The van der Waals surface area contributed by atoms with Gasteiger partial charge in [-0.15, -0.1) is 0 Å². The fourth-order valence-corrected chi connectivity index (χ4v) is 3.44. The van der Waals surface area contributed by atoms with Crippen molar-refractivity contribution in [2.24, 2.45) is 9.98 Å². The predicted octanol–water partition coefficient (Wildman–Crippen LogP) is 2.48. The van der Waals surface area contributed by atoms with E-state index in [1.807, 2.05) is 24.5 Å². The lowest BCUT2D eigenvalue weighted by molar-refractivity contribution is 0.166. The molecule has 3 aliphatic rings. The van der Waals surface area contributed by atoms with Crippen LogP contribution in [-0.4, -0.2) is 71.7 Å². The largest absolute Gasteiger partial charge is 0.353 e. The number of hydrogen-bond donors (Lipinski definition) is 1. The first-order valence-corrected chi connectivity index (χ1v) is 9.14. The summed E-state index contributed by atoms with van der Waals surface area (Å²) in [5, 5.41) is 3.42. The number of rotatable bonds is 2. The Morgan fingerprint density at radius 2 is 2.00 bits per heavy atom. The van der Waals surface area contributed by atoms with E-state index in [0.717, 1.165) is 31.3 Å². The summed E-state index contributed by atoms with van der Waals surface area (Å²) >= 11 is 6.11. The van der Waals surface area contributed by atoms with Gasteiger partial charge in [0.15, 0.2) is 0 Å². The topological polar surface area (TPSA) is 63.5 Å². The number of carbonyl (C=O) groups is 1. The molecule has 0 bridgehead atoms. The van der Waals surface area contributed by atoms with Crippen molar-refractivity contribution in [2.75, 3.05) is 38.0 Å². The molecule has 3 heterocycles. The Hall–Kier alpha value is -2.54. The van der Waals surface area contributed by atoms with Crippen molar-refractivity contribution < 1.29 is 4.79 Å². The average molecular weight is 373 g/mol. The Kier molecular flexibility index (Phi) is 4.55. The van der Waals surface area contributed by atoms with Gasteiger partial charge in [0.25, 0.3) is 0 Å². The van der Waals surface area contributed by atoms with Gasteiger partial charge in [0.05, 0.1) is 29.6 Å². The lowest BCUT2D eigenvalue weighted by Crippen LogP contribution is -2.50. The van der Waals surface area contributed by atoms with Crippen molar-refractivity contribution in [2.45, 2.75) is 13.0 Å². The quantitative estimate of drug-likeness (QED) is 0.867. The molecule has 1 N–H and O–H groups in total. The summed E-state index contributed by atoms with van der Waals surface area (Å²) in [5.74, 6) is 1.89. The van der Waals surface area contributed by atoms with E-state index in [1.54, 1.807) is 17.0 Å². The zero-order valence-electron chi connectivity index (χ0n) is 14.6. The number of carbonyl (C=O) groups excluding carboxylic acids is 1. The SMILES string of the molecule is CC1CN=C2C=C(N3CCN(C(=O)Nc4ccccc4Cl)CC3)N=CN21. The molecule has 1 atom stereocenters. The van der Waals surface area contributed by atoms with Crippen molar-refractivity contribution >= 4 is 35.5 Å². The highest BCUT2D eigenvalue weighted by atomic mass is 35.5. The molecule has 0 aliphatic carbocycles. The molecule has 2 amide bonds. The number of aliphatic imine (C=N–C) groups is 2. The van der Waals surface area contributed by atoms with Crippen molar-refractivity contribution in [3.05, 3.63) is 41.2 Å². The monoisotopic (exact) mass is 372 g/mol. The molecule has 3 aliphatic heterocycles. The maximum atomic E-state index is 12.5. The lowest BCUT2D eigenvalue weighted by atomic mass is 10.3. The summed E-state index contributed by atoms with van der Waals surface area (Å²) in [5.41, 5.74) is 0.634. The van der Waals surface area contributed by atoms with Crippen LogP contribution in [0.25, 0.3) is 0 Å². The normalized spacial score (nSPS) is 22.1. The number of hydrogen-bond acceptors (Lipinski definition) is 5. The van der Waals surface area contributed by atoms with Gasteiger partial charge in [0.1, 0.15) is 11.7 Å². The highest BCUT2D eigenvalue weighted by molar-refractivity contribution is 6.33. The molecule has 1 fully saturated rings. The molecule has 0 aromatic heterocycles. The van der Waals surface area contributed by atoms with E-state index >= 15 is 0 Å². The summed E-state index contributed by atoms with van der Waals surface area (Å²) < 4.78 is 0. The molecular weight excluding hydrogens is 352 g/mol. The van der Waals surface area contributed by atoms with Gasteiger partial charge in [-0.3, -0.25) is 4.99 Å². The molecule has 136 valence electrons. The second kappa shape index (κ2) is 6.99. The van der Waals surface area contributed by atoms with Crippen molar-refractivity contribution in [3.63, 3.8) is 0 Å². The summed E-state index contributed by atoms with van der Waals surface area (Å²) in [4.78, 5) is 27.7. The van der Waals surface area contributed by atoms with Crippen LogP contribution in [0.15, 0.2) is 46.1 Å². The molecular formula is C18H21ClN6O. The van der Waals surface area contributed by atoms with Crippen LogP contribution in [0.3, 0.4) is 0 Å². The number of para-hydroxylation sites is 1. The van der Waals surface area contributed by atoms with Gasteiger partial charge in [-0.25, -0.2) is 9.79 Å². The Labute approximate surface area is 157 Å². The molecule has 7 nitrogen and oxygen atoms in total. The summed E-state index contributed by atoms with van der Waals surface area (Å²) in [6.45, 7) is 5.69. The smallest absolute Gasteiger partial charge is 0.322 e. The Bertz CT molecular complexity index is 797. The van der Waals surface area contributed by atoms with E-state index in [1.165, 1.54) is 0 Å². The van der Waals surface area contributed by atoms with E-state index in [-0.39, 0.29) is 6.03 Å². The van der Waals surface area contributed by atoms with E-state index in [4.69, 9.17) is 11.6 Å². The van der Waals surface area contributed by atoms with Gasteiger partial charge >= 0.3 is 6.03 Å². The first-order chi connectivity index (χ1) is 12.6. The van der Waals surface area contributed by atoms with Gasteiger partial charge in [-0.05, 0) is 19.1 Å². The summed E-state index contributed by atoms with van der Waals surface area (Å²) in [6.07, 6.45) is 3.89. The molecule has 0 saturated carbocycles. The van der Waals surface area contributed by atoms with Gasteiger partial charge < -0.3 is 20.0 Å². The Morgan fingerprint density at radius 1 is 1.23 bits per heavy atom. The van der Waals surface area contributed by atoms with Crippen LogP contribution in [-0.2, 0) is 0 Å². The van der Waals surface area contributed by atoms with Crippen LogP contribution in [0.1, 0.15) is 6.92 Å². The van der Waals surface area contributed by atoms with E-state index in [9.17, 15) is 4.79 Å². The molecule has 0 spiro atoms. The third-order valence-electron chi connectivity index (χ3n) is 4.84. The van der Waals surface area contributed by atoms with E-state index in [2.05, 4.69) is 32.0 Å². The fourth-order valence-electron chi connectivity index (χ4n) is 3.26. The highest BCUT2D eigenvalue weighted by Crippen LogP contribution is 2.22. The molecule has 8 heteroatoms. The number of piperazine rings is 1. The van der Waals surface area contributed by atoms with E-state index < -0.39 is 0 Å². The van der Waals surface area contributed by atoms with Gasteiger partial charge in [-0.1, -0.05) is 23.7 Å². The fraction of sp³-hybridized carbons (Fsp3) is 0.389. The van der Waals surface area contributed by atoms with Crippen LogP contribution in [0.2, 0.25) is 5.02 Å². The van der Waals surface area contributed by atoms with Gasteiger partial charge in [0, 0.05) is 32.3 Å². The van der Waals surface area contributed by atoms with Crippen LogP contribution in [0.4, 0.5) is 10.5 Å². The molecule has 4 rings (SSSR count). The van der Waals surface area contributed by atoms with Crippen molar-refractivity contribution in [3.8, 4) is 0 Å².